The Morgan fingerprint density at radius 2 is 1.68 bits per heavy atom. The van der Waals surface area contributed by atoms with E-state index in [1.165, 1.54) is 21.9 Å². The predicted octanol–water partition coefficient (Wildman–Crippen LogP) is 3.72. The number of methoxy groups -OCH3 is 1. The van der Waals surface area contributed by atoms with E-state index in [9.17, 15) is 0 Å². The van der Waals surface area contributed by atoms with E-state index in [-0.39, 0.29) is 0 Å². The SMILES string of the molecule is COc1ccc2ccccc2c1CNCc1ccc(N)cc1. The van der Waals surface area contributed by atoms with Crippen molar-refractivity contribution in [3.05, 3.63) is 71.8 Å². The van der Waals surface area contributed by atoms with Gasteiger partial charge in [-0.1, -0.05) is 42.5 Å². The minimum absolute atomic E-state index is 0.759. The van der Waals surface area contributed by atoms with Gasteiger partial charge in [-0.3, -0.25) is 0 Å². The molecule has 0 radical (unpaired) electrons. The minimum Gasteiger partial charge on any atom is -0.496 e. The molecule has 0 aliphatic carbocycles. The number of ether oxygens (including phenoxy) is 1. The number of hydrogen-bond acceptors (Lipinski definition) is 3. The maximum absolute atomic E-state index is 5.71. The van der Waals surface area contributed by atoms with E-state index in [0.717, 1.165) is 24.5 Å². The number of rotatable bonds is 5. The highest BCUT2D eigenvalue weighted by molar-refractivity contribution is 5.87. The van der Waals surface area contributed by atoms with Gasteiger partial charge in [0.1, 0.15) is 5.75 Å². The molecule has 0 saturated heterocycles. The van der Waals surface area contributed by atoms with E-state index in [1.54, 1.807) is 7.11 Å². The maximum atomic E-state index is 5.71. The van der Waals surface area contributed by atoms with Crippen molar-refractivity contribution in [2.45, 2.75) is 13.1 Å². The Morgan fingerprint density at radius 3 is 2.45 bits per heavy atom. The van der Waals surface area contributed by atoms with Crippen LogP contribution in [0.3, 0.4) is 0 Å². The average molecular weight is 292 g/mol. The highest BCUT2D eigenvalue weighted by Gasteiger charge is 2.07. The van der Waals surface area contributed by atoms with Gasteiger partial charge in [0, 0.05) is 24.3 Å². The smallest absolute Gasteiger partial charge is 0.123 e. The molecule has 0 heterocycles. The monoisotopic (exact) mass is 292 g/mol. The van der Waals surface area contributed by atoms with Crippen LogP contribution in [-0.2, 0) is 13.1 Å². The highest BCUT2D eigenvalue weighted by Crippen LogP contribution is 2.27. The zero-order valence-corrected chi connectivity index (χ0v) is 12.7. The molecule has 0 saturated carbocycles. The van der Waals surface area contributed by atoms with Gasteiger partial charge in [0.25, 0.3) is 0 Å². The molecule has 0 fully saturated rings. The Hall–Kier alpha value is -2.52. The summed E-state index contributed by atoms with van der Waals surface area (Å²) in [5.41, 5.74) is 8.91. The lowest BCUT2D eigenvalue weighted by atomic mass is 10.0. The fraction of sp³-hybridized carbons (Fsp3) is 0.158. The zero-order chi connectivity index (χ0) is 15.4. The molecule has 3 aromatic rings. The van der Waals surface area contributed by atoms with Crippen LogP contribution in [0.25, 0.3) is 10.8 Å². The second-order valence-corrected chi connectivity index (χ2v) is 5.31. The second kappa shape index (κ2) is 6.50. The van der Waals surface area contributed by atoms with E-state index in [0.29, 0.717) is 0 Å². The van der Waals surface area contributed by atoms with E-state index in [1.807, 2.05) is 30.3 Å². The van der Waals surface area contributed by atoms with Gasteiger partial charge in [-0.15, -0.1) is 0 Å². The van der Waals surface area contributed by atoms with Crippen LogP contribution in [-0.4, -0.2) is 7.11 Å². The molecule has 112 valence electrons. The summed E-state index contributed by atoms with van der Waals surface area (Å²) in [6.07, 6.45) is 0. The molecule has 3 N–H and O–H groups in total. The standard InChI is InChI=1S/C19H20N2O/c1-22-19-11-8-15-4-2-3-5-17(15)18(19)13-21-12-14-6-9-16(20)10-7-14/h2-11,21H,12-13,20H2,1H3. The van der Waals surface area contributed by atoms with Crippen molar-refractivity contribution in [2.24, 2.45) is 0 Å². The Morgan fingerprint density at radius 1 is 0.909 bits per heavy atom. The molecule has 3 heteroatoms. The van der Waals surface area contributed by atoms with Crippen molar-refractivity contribution < 1.29 is 4.74 Å². The summed E-state index contributed by atoms with van der Waals surface area (Å²) in [5, 5.41) is 5.94. The van der Waals surface area contributed by atoms with Crippen LogP contribution in [0.1, 0.15) is 11.1 Å². The molecule has 3 nitrogen and oxygen atoms in total. The van der Waals surface area contributed by atoms with Crippen LogP contribution >= 0.6 is 0 Å². The molecule has 0 aliphatic rings. The normalized spacial score (nSPS) is 10.8. The highest BCUT2D eigenvalue weighted by atomic mass is 16.5. The van der Waals surface area contributed by atoms with Crippen LogP contribution in [0.15, 0.2) is 60.7 Å². The summed E-state index contributed by atoms with van der Waals surface area (Å²) in [6.45, 7) is 1.56. The Balaban J connectivity index is 1.79. The van der Waals surface area contributed by atoms with Crippen molar-refractivity contribution in [1.82, 2.24) is 5.32 Å². The molecule has 3 aromatic carbocycles. The van der Waals surface area contributed by atoms with Crippen LogP contribution in [0.5, 0.6) is 5.75 Å². The fourth-order valence-electron chi connectivity index (χ4n) is 2.66. The molecule has 0 atom stereocenters. The van der Waals surface area contributed by atoms with Crippen molar-refractivity contribution in [2.75, 3.05) is 12.8 Å². The number of nitrogens with two attached hydrogens (primary N) is 1. The molecule has 0 amide bonds. The third kappa shape index (κ3) is 3.05. The summed E-state index contributed by atoms with van der Waals surface area (Å²) >= 11 is 0. The first-order valence-electron chi connectivity index (χ1n) is 7.37. The summed E-state index contributed by atoms with van der Waals surface area (Å²) in [7, 11) is 1.72. The van der Waals surface area contributed by atoms with Gasteiger partial charge in [-0.2, -0.15) is 0 Å². The van der Waals surface area contributed by atoms with E-state index in [2.05, 4.69) is 35.6 Å². The predicted molar refractivity (Wildman–Crippen MR) is 91.9 cm³/mol. The molecule has 3 rings (SSSR count). The third-order valence-corrected chi connectivity index (χ3v) is 3.83. The number of hydrogen-bond donors (Lipinski definition) is 2. The van der Waals surface area contributed by atoms with E-state index < -0.39 is 0 Å². The summed E-state index contributed by atoms with van der Waals surface area (Å²) in [4.78, 5) is 0. The van der Waals surface area contributed by atoms with Crippen LogP contribution in [0.2, 0.25) is 0 Å². The number of benzene rings is 3. The van der Waals surface area contributed by atoms with Crippen LogP contribution in [0.4, 0.5) is 5.69 Å². The number of fused-ring (bicyclic) bond motifs is 1. The molecule has 0 aliphatic heterocycles. The number of nitrogen functional groups attached to an aromatic ring is 1. The Bertz CT molecular complexity index is 766. The molecule has 0 bridgehead atoms. The first-order valence-corrected chi connectivity index (χ1v) is 7.37. The van der Waals surface area contributed by atoms with Crippen molar-refractivity contribution in [1.29, 1.82) is 0 Å². The van der Waals surface area contributed by atoms with E-state index in [4.69, 9.17) is 10.5 Å². The van der Waals surface area contributed by atoms with Gasteiger partial charge in [-0.05, 0) is 34.5 Å². The number of nitrogens with one attached hydrogen (secondary N) is 1. The van der Waals surface area contributed by atoms with Crippen molar-refractivity contribution >= 4 is 16.5 Å². The number of anilines is 1. The van der Waals surface area contributed by atoms with Crippen molar-refractivity contribution in [3.8, 4) is 5.75 Å². The molecular formula is C19H20N2O. The van der Waals surface area contributed by atoms with E-state index >= 15 is 0 Å². The minimum atomic E-state index is 0.759. The quantitative estimate of drug-likeness (QED) is 0.705. The third-order valence-electron chi connectivity index (χ3n) is 3.83. The summed E-state index contributed by atoms with van der Waals surface area (Å²) < 4.78 is 5.52. The lowest BCUT2D eigenvalue weighted by Crippen LogP contribution is -2.13. The molecule has 22 heavy (non-hydrogen) atoms. The molecule has 0 aromatic heterocycles. The largest absolute Gasteiger partial charge is 0.496 e. The van der Waals surface area contributed by atoms with Crippen molar-refractivity contribution in [3.63, 3.8) is 0 Å². The lowest BCUT2D eigenvalue weighted by molar-refractivity contribution is 0.408. The van der Waals surface area contributed by atoms with Gasteiger partial charge in [-0.25, -0.2) is 0 Å². The maximum Gasteiger partial charge on any atom is 0.123 e. The average Bonchev–Trinajstić information content (AvgIpc) is 2.56. The molecule has 0 unspecified atom stereocenters. The van der Waals surface area contributed by atoms with Gasteiger partial charge in [0.15, 0.2) is 0 Å². The first-order chi connectivity index (χ1) is 10.8. The van der Waals surface area contributed by atoms with Gasteiger partial charge in [0.05, 0.1) is 7.11 Å². The fourth-order valence-corrected chi connectivity index (χ4v) is 2.66. The zero-order valence-electron chi connectivity index (χ0n) is 12.7. The topological polar surface area (TPSA) is 47.3 Å². The Labute approximate surface area is 130 Å². The van der Waals surface area contributed by atoms with Crippen LogP contribution in [0, 0.1) is 0 Å². The first kappa shape index (κ1) is 14.4. The lowest BCUT2D eigenvalue weighted by Gasteiger charge is -2.13. The van der Waals surface area contributed by atoms with Gasteiger partial charge >= 0.3 is 0 Å². The summed E-state index contributed by atoms with van der Waals surface area (Å²) in [5.74, 6) is 0.920. The van der Waals surface area contributed by atoms with Gasteiger partial charge in [0.2, 0.25) is 0 Å². The molecular weight excluding hydrogens is 272 g/mol. The van der Waals surface area contributed by atoms with Gasteiger partial charge < -0.3 is 15.8 Å². The second-order valence-electron chi connectivity index (χ2n) is 5.31. The summed E-state index contributed by atoms with van der Waals surface area (Å²) in [6, 6.07) is 20.4. The van der Waals surface area contributed by atoms with Crippen LogP contribution < -0.4 is 15.8 Å². The Kier molecular flexibility index (Phi) is 4.26. The molecule has 0 spiro atoms.